The minimum atomic E-state index is -2.88. The summed E-state index contributed by atoms with van der Waals surface area (Å²) in [6, 6.07) is 5.33. The van der Waals surface area contributed by atoms with Crippen LogP contribution in [0.4, 0.5) is 13.6 Å². The summed E-state index contributed by atoms with van der Waals surface area (Å²) in [7, 11) is 0. The van der Waals surface area contributed by atoms with Crippen LogP contribution in [0.15, 0.2) is 24.3 Å². The summed E-state index contributed by atoms with van der Waals surface area (Å²) in [5.41, 5.74) is 0.731. The molecule has 1 fully saturated rings. The zero-order chi connectivity index (χ0) is 18.6. The van der Waals surface area contributed by atoms with Crippen molar-refractivity contribution in [2.45, 2.75) is 32.9 Å². The number of benzene rings is 1. The fourth-order valence-corrected chi connectivity index (χ4v) is 2.99. The van der Waals surface area contributed by atoms with E-state index in [-0.39, 0.29) is 30.3 Å². The number of piperidine rings is 1. The summed E-state index contributed by atoms with van der Waals surface area (Å²) in [5, 5.41) is 12.0. The third kappa shape index (κ3) is 5.30. The molecular weight excluding hydrogens is 334 g/mol. The molecule has 8 heteroatoms. The first-order chi connectivity index (χ1) is 11.8. The maximum atomic E-state index is 12.4. The number of carbonyl (C=O) groups excluding carboxylic acids is 1. The van der Waals surface area contributed by atoms with Gasteiger partial charge in [-0.2, -0.15) is 8.78 Å². The van der Waals surface area contributed by atoms with Crippen molar-refractivity contribution in [2.24, 2.45) is 11.8 Å². The lowest BCUT2D eigenvalue weighted by atomic mass is 9.91. The van der Waals surface area contributed by atoms with Crippen LogP contribution < -0.4 is 10.1 Å². The number of alkyl halides is 2. The van der Waals surface area contributed by atoms with Gasteiger partial charge in [0.1, 0.15) is 5.75 Å². The minimum absolute atomic E-state index is 0.0476. The minimum Gasteiger partial charge on any atom is -0.481 e. The van der Waals surface area contributed by atoms with Gasteiger partial charge < -0.3 is 20.1 Å². The van der Waals surface area contributed by atoms with E-state index in [1.54, 1.807) is 19.1 Å². The standard InChI is InChI=1S/C17H22F2N2O4/c1-10-7-13(15(22)23)9-21(8-10)17(24)20-11(2)12-3-5-14(6-4-12)25-16(18)19/h3-6,10-11,13,16H,7-9H2,1-2H3,(H,20,24)(H,22,23). The number of carboxylic acids is 1. The lowest BCUT2D eigenvalue weighted by Gasteiger charge is -2.35. The van der Waals surface area contributed by atoms with Crippen molar-refractivity contribution in [1.82, 2.24) is 10.2 Å². The Hall–Kier alpha value is -2.38. The van der Waals surface area contributed by atoms with E-state index < -0.39 is 18.5 Å². The molecule has 1 aliphatic heterocycles. The van der Waals surface area contributed by atoms with Crippen LogP contribution in [0.2, 0.25) is 0 Å². The van der Waals surface area contributed by atoms with Crippen molar-refractivity contribution in [3.8, 4) is 5.75 Å². The molecule has 1 heterocycles. The summed E-state index contributed by atoms with van der Waals surface area (Å²) in [5.74, 6) is -1.30. The van der Waals surface area contributed by atoms with Crippen molar-refractivity contribution in [3.05, 3.63) is 29.8 Å². The normalized spacial score (nSPS) is 21.7. The van der Waals surface area contributed by atoms with Gasteiger partial charge in [-0.3, -0.25) is 4.79 Å². The molecule has 2 N–H and O–H groups in total. The number of likely N-dealkylation sites (tertiary alicyclic amines) is 1. The second-order valence-electron chi connectivity index (χ2n) is 6.40. The van der Waals surface area contributed by atoms with E-state index in [0.717, 1.165) is 5.56 Å². The largest absolute Gasteiger partial charge is 0.481 e. The van der Waals surface area contributed by atoms with Gasteiger partial charge in [0, 0.05) is 13.1 Å². The number of urea groups is 1. The SMILES string of the molecule is CC1CC(C(=O)O)CN(C(=O)NC(C)c2ccc(OC(F)F)cc2)C1. The molecule has 3 unspecified atom stereocenters. The molecule has 6 nitrogen and oxygen atoms in total. The van der Waals surface area contributed by atoms with E-state index >= 15 is 0 Å². The Bertz CT molecular complexity index is 609. The lowest BCUT2D eigenvalue weighted by Crippen LogP contribution is -2.49. The predicted octanol–water partition coefficient (Wildman–Crippen LogP) is 3.10. The molecule has 1 saturated heterocycles. The van der Waals surface area contributed by atoms with Crippen LogP contribution in [0.3, 0.4) is 0 Å². The number of aliphatic carboxylic acids is 1. The summed E-state index contributed by atoms with van der Waals surface area (Å²) >= 11 is 0. The highest BCUT2D eigenvalue weighted by molar-refractivity contribution is 5.77. The third-order valence-corrected chi connectivity index (χ3v) is 4.24. The number of ether oxygens (including phenoxy) is 1. The molecule has 0 bridgehead atoms. The summed E-state index contributed by atoms with van der Waals surface area (Å²) < 4.78 is 28.6. The van der Waals surface area contributed by atoms with E-state index in [0.29, 0.717) is 13.0 Å². The second kappa shape index (κ2) is 8.13. The zero-order valence-corrected chi connectivity index (χ0v) is 14.1. The smallest absolute Gasteiger partial charge is 0.387 e. The fraction of sp³-hybridized carbons (Fsp3) is 0.529. The molecule has 1 aromatic rings. The number of carbonyl (C=O) groups is 2. The summed E-state index contributed by atoms with van der Waals surface area (Å²) in [4.78, 5) is 25.1. The zero-order valence-electron chi connectivity index (χ0n) is 14.1. The van der Waals surface area contributed by atoms with Crippen molar-refractivity contribution >= 4 is 12.0 Å². The molecule has 1 aromatic carbocycles. The van der Waals surface area contributed by atoms with Gasteiger partial charge in [0.25, 0.3) is 0 Å². The number of rotatable bonds is 5. The predicted molar refractivity (Wildman–Crippen MR) is 86.5 cm³/mol. The first-order valence-corrected chi connectivity index (χ1v) is 8.09. The maximum Gasteiger partial charge on any atom is 0.387 e. The van der Waals surface area contributed by atoms with Gasteiger partial charge in [0.2, 0.25) is 0 Å². The van der Waals surface area contributed by atoms with Gasteiger partial charge in [-0.25, -0.2) is 4.79 Å². The Kier molecular flexibility index (Phi) is 6.17. The fourth-order valence-electron chi connectivity index (χ4n) is 2.99. The highest BCUT2D eigenvalue weighted by Crippen LogP contribution is 2.23. The Morgan fingerprint density at radius 2 is 1.92 bits per heavy atom. The van der Waals surface area contributed by atoms with E-state index in [2.05, 4.69) is 10.1 Å². The van der Waals surface area contributed by atoms with Crippen molar-refractivity contribution in [1.29, 1.82) is 0 Å². The average Bonchev–Trinajstić information content (AvgIpc) is 2.54. The molecule has 0 saturated carbocycles. The van der Waals surface area contributed by atoms with E-state index in [4.69, 9.17) is 0 Å². The molecule has 2 amide bonds. The van der Waals surface area contributed by atoms with E-state index in [1.165, 1.54) is 17.0 Å². The van der Waals surface area contributed by atoms with E-state index in [1.807, 2.05) is 6.92 Å². The highest BCUT2D eigenvalue weighted by Gasteiger charge is 2.32. The van der Waals surface area contributed by atoms with Crippen LogP contribution in [0.1, 0.15) is 31.9 Å². The molecule has 138 valence electrons. The molecule has 3 atom stereocenters. The number of carboxylic acid groups (broad SMARTS) is 1. The first-order valence-electron chi connectivity index (χ1n) is 8.09. The Morgan fingerprint density at radius 3 is 2.48 bits per heavy atom. The van der Waals surface area contributed by atoms with Gasteiger partial charge in [-0.05, 0) is 37.0 Å². The Labute approximate surface area is 144 Å². The van der Waals surface area contributed by atoms with Crippen molar-refractivity contribution in [3.63, 3.8) is 0 Å². The summed E-state index contributed by atoms with van der Waals surface area (Å²) in [6.45, 7) is 1.48. The molecule has 0 aliphatic carbocycles. The third-order valence-electron chi connectivity index (χ3n) is 4.24. The lowest BCUT2D eigenvalue weighted by molar-refractivity contribution is -0.143. The van der Waals surface area contributed by atoms with Gasteiger partial charge in [0.05, 0.1) is 12.0 Å². The van der Waals surface area contributed by atoms with Gasteiger partial charge in [0.15, 0.2) is 0 Å². The molecule has 0 aromatic heterocycles. The van der Waals surface area contributed by atoms with Crippen molar-refractivity contribution < 1.29 is 28.2 Å². The molecule has 0 radical (unpaired) electrons. The van der Waals surface area contributed by atoms with Crippen molar-refractivity contribution in [2.75, 3.05) is 13.1 Å². The topological polar surface area (TPSA) is 78.9 Å². The second-order valence-corrected chi connectivity index (χ2v) is 6.40. The van der Waals surface area contributed by atoms with Crippen LogP contribution in [0.5, 0.6) is 5.75 Å². The van der Waals surface area contributed by atoms with E-state index in [9.17, 15) is 23.5 Å². The van der Waals surface area contributed by atoms with Gasteiger partial charge >= 0.3 is 18.6 Å². The monoisotopic (exact) mass is 356 g/mol. The number of nitrogens with zero attached hydrogens (tertiary/aromatic N) is 1. The molecule has 0 spiro atoms. The number of halogens is 2. The summed E-state index contributed by atoms with van der Waals surface area (Å²) in [6.07, 6.45) is 0.556. The van der Waals surface area contributed by atoms with Crippen LogP contribution >= 0.6 is 0 Å². The van der Waals surface area contributed by atoms with Gasteiger partial charge in [-0.15, -0.1) is 0 Å². The van der Waals surface area contributed by atoms with Crippen LogP contribution in [0.25, 0.3) is 0 Å². The maximum absolute atomic E-state index is 12.4. The number of hydrogen-bond acceptors (Lipinski definition) is 3. The Balaban J connectivity index is 1.96. The number of amides is 2. The van der Waals surface area contributed by atoms with Crippen LogP contribution in [0, 0.1) is 11.8 Å². The highest BCUT2D eigenvalue weighted by atomic mass is 19.3. The molecule has 1 aliphatic rings. The molecule has 2 rings (SSSR count). The molecular formula is C17H22F2N2O4. The molecule has 25 heavy (non-hydrogen) atoms. The quantitative estimate of drug-likeness (QED) is 0.850. The number of hydrogen-bond donors (Lipinski definition) is 2. The first kappa shape index (κ1) is 19.0. The average molecular weight is 356 g/mol. The van der Waals surface area contributed by atoms with Crippen LogP contribution in [-0.2, 0) is 4.79 Å². The van der Waals surface area contributed by atoms with Crippen LogP contribution in [-0.4, -0.2) is 41.7 Å². The number of nitrogens with one attached hydrogen (secondary N) is 1. The Morgan fingerprint density at radius 1 is 1.28 bits per heavy atom. The van der Waals surface area contributed by atoms with Gasteiger partial charge in [-0.1, -0.05) is 19.1 Å².